The molecule has 1 heterocycles. The standard InChI is InChI=1S/C23H25N3O5/c27-22(17-31-23(28)13-8-18-6-5-7-21(16-18)26(29)30)24-19-9-11-20(12-10-19)25-14-3-1-2-4-15-25/h5-13,16H,1-4,14-15,17H2,(H,24,27)/b13-8+. The van der Waals surface area contributed by atoms with E-state index in [4.69, 9.17) is 4.74 Å². The lowest BCUT2D eigenvalue weighted by atomic mass is 10.2. The second-order valence-corrected chi connectivity index (χ2v) is 7.29. The molecule has 1 aliphatic heterocycles. The van der Waals surface area contributed by atoms with E-state index < -0.39 is 23.4 Å². The molecule has 0 saturated carbocycles. The molecule has 0 atom stereocenters. The summed E-state index contributed by atoms with van der Waals surface area (Å²) in [5, 5.41) is 13.5. The molecule has 8 heteroatoms. The SMILES string of the molecule is O=C(COC(=O)/C=C/c1cccc([N+](=O)[O-])c1)Nc1ccc(N2CCCCCC2)cc1. The first-order valence-electron chi connectivity index (χ1n) is 10.3. The van der Waals surface area contributed by atoms with Gasteiger partial charge in [-0.3, -0.25) is 14.9 Å². The molecule has 162 valence electrons. The summed E-state index contributed by atoms with van der Waals surface area (Å²) >= 11 is 0. The van der Waals surface area contributed by atoms with E-state index in [1.165, 1.54) is 50.0 Å². The van der Waals surface area contributed by atoms with Crippen LogP contribution in [0.25, 0.3) is 6.08 Å². The van der Waals surface area contributed by atoms with Gasteiger partial charge in [-0.15, -0.1) is 0 Å². The highest BCUT2D eigenvalue weighted by Crippen LogP contribution is 2.21. The van der Waals surface area contributed by atoms with E-state index in [-0.39, 0.29) is 5.69 Å². The van der Waals surface area contributed by atoms with Crippen LogP contribution in [0.3, 0.4) is 0 Å². The van der Waals surface area contributed by atoms with E-state index in [1.807, 2.05) is 24.3 Å². The minimum Gasteiger partial charge on any atom is -0.452 e. The first-order valence-corrected chi connectivity index (χ1v) is 10.3. The van der Waals surface area contributed by atoms with Crippen LogP contribution in [0, 0.1) is 10.1 Å². The molecule has 1 fully saturated rings. The monoisotopic (exact) mass is 423 g/mol. The van der Waals surface area contributed by atoms with Gasteiger partial charge in [-0.05, 0) is 48.7 Å². The molecule has 2 aromatic rings. The first-order chi connectivity index (χ1) is 15.0. The summed E-state index contributed by atoms with van der Waals surface area (Å²) in [6.45, 7) is 1.67. The second kappa shape index (κ2) is 10.9. The Bertz CT molecular complexity index is 948. The number of carbonyl (C=O) groups excluding carboxylic acids is 2. The number of anilines is 2. The van der Waals surface area contributed by atoms with Crippen LogP contribution >= 0.6 is 0 Å². The summed E-state index contributed by atoms with van der Waals surface area (Å²) in [4.78, 5) is 36.5. The average Bonchev–Trinajstić information content (AvgIpc) is 3.06. The minimum atomic E-state index is -0.710. The number of hydrogen-bond donors (Lipinski definition) is 1. The fourth-order valence-electron chi connectivity index (χ4n) is 3.37. The zero-order valence-electron chi connectivity index (χ0n) is 17.2. The van der Waals surface area contributed by atoms with Crippen LogP contribution in [-0.4, -0.2) is 36.5 Å². The molecular weight excluding hydrogens is 398 g/mol. The number of nitro groups is 1. The molecule has 1 amide bonds. The highest BCUT2D eigenvalue weighted by molar-refractivity contribution is 5.94. The lowest BCUT2D eigenvalue weighted by molar-refractivity contribution is -0.384. The predicted octanol–water partition coefficient (Wildman–Crippen LogP) is 4.17. The summed E-state index contributed by atoms with van der Waals surface area (Å²) in [5.41, 5.74) is 2.18. The van der Waals surface area contributed by atoms with E-state index in [2.05, 4.69) is 10.2 Å². The number of carbonyl (C=O) groups is 2. The largest absolute Gasteiger partial charge is 0.452 e. The van der Waals surface area contributed by atoms with Gasteiger partial charge in [0.25, 0.3) is 11.6 Å². The van der Waals surface area contributed by atoms with Crippen molar-refractivity contribution in [2.45, 2.75) is 25.7 Å². The van der Waals surface area contributed by atoms with Crippen molar-refractivity contribution in [3.05, 3.63) is 70.3 Å². The number of nitrogens with zero attached hydrogens (tertiary/aromatic N) is 2. The molecule has 0 spiro atoms. The van der Waals surface area contributed by atoms with Gasteiger partial charge >= 0.3 is 5.97 Å². The van der Waals surface area contributed by atoms with Gasteiger partial charge in [0.05, 0.1) is 4.92 Å². The van der Waals surface area contributed by atoms with E-state index in [1.54, 1.807) is 6.07 Å². The van der Waals surface area contributed by atoms with Gasteiger partial charge in [-0.25, -0.2) is 4.79 Å². The Morgan fingerprint density at radius 3 is 2.45 bits per heavy atom. The van der Waals surface area contributed by atoms with Crippen molar-refractivity contribution >= 4 is 35.0 Å². The fourth-order valence-corrected chi connectivity index (χ4v) is 3.37. The molecule has 0 radical (unpaired) electrons. The highest BCUT2D eigenvalue weighted by atomic mass is 16.6. The van der Waals surface area contributed by atoms with Crippen molar-refractivity contribution in [3.63, 3.8) is 0 Å². The van der Waals surface area contributed by atoms with Crippen molar-refractivity contribution in [2.75, 3.05) is 29.9 Å². The molecule has 0 unspecified atom stereocenters. The Morgan fingerprint density at radius 1 is 1.06 bits per heavy atom. The quantitative estimate of drug-likeness (QED) is 0.310. The van der Waals surface area contributed by atoms with Gasteiger partial charge in [-0.2, -0.15) is 0 Å². The number of nitrogens with one attached hydrogen (secondary N) is 1. The summed E-state index contributed by atoms with van der Waals surface area (Å²) in [7, 11) is 0. The molecule has 3 rings (SSSR count). The van der Waals surface area contributed by atoms with Gasteiger partial charge in [0.15, 0.2) is 6.61 Å². The molecule has 1 saturated heterocycles. The third-order valence-electron chi connectivity index (χ3n) is 4.96. The lowest BCUT2D eigenvalue weighted by Gasteiger charge is -2.22. The zero-order chi connectivity index (χ0) is 22.1. The normalized spacial score (nSPS) is 14.1. The van der Waals surface area contributed by atoms with Crippen molar-refractivity contribution < 1.29 is 19.2 Å². The van der Waals surface area contributed by atoms with Crippen LogP contribution in [0.5, 0.6) is 0 Å². The van der Waals surface area contributed by atoms with Crippen molar-refractivity contribution in [1.29, 1.82) is 0 Å². The van der Waals surface area contributed by atoms with Gasteiger partial charge in [0.1, 0.15) is 0 Å². The number of non-ortho nitro benzene ring substituents is 1. The Kier molecular flexibility index (Phi) is 7.75. The third kappa shape index (κ3) is 6.95. The molecule has 0 aromatic heterocycles. The number of hydrogen-bond acceptors (Lipinski definition) is 6. The number of esters is 1. The molecule has 0 aliphatic carbocycles. The third-order valence-corrected chi connectivity index (χ3v) is 4.96. The van der Waals surface area contributed by atoms with Crippen LogP contribution in [0.1, 0.15) is 31.2 Å². The Hall–Kier alpha value is -3.68. The lowest BCUT2D eigenvalue weighted by Crippen LogP contribution is -2.24. The Balaban J connectivity index is 1.45. The predicted molar refractivity (Wildman–Crippen MR) is 119 cm³/mol. The summed E-state index contributed by atoms with van der Waals surface area (Å²) < 4.78 is 4.93. The molecule has 8 nitrogen and oxygen atoms in total. The molecule has 0 bridgehead atoms. The highest BCUT2D eigenvalue weighted by Gasteiger charge is 2.11. The van der Waals surface area contributed by atoms with Crippen molar-refractivity contribution in [2.24, 2.45) is 0 Å². The second-order valence-electron chi connectivity index (χ2n) is 7.29. The van der Waals surface area contributed by atoms with Gasteiger partial charge in [-0.1, -0.05) is 25.0 Å². The molecule has 31 heavy (non-hydrogen) atoms. The van der Waals surface area contributed by atoms with Crippen LogP contribution in [-0.2, 0) is 14.3 Å². The van der Waals surface area contributed by atoms with Crippen LogP contribution in [0.2, 0.25) is 0 Å². The summed E-state index contributed by atoms with van der Waals surface area (Å²) in [6.07, 6.45) is 7.45. The number of rotatable bonds is 7. The summed E-state index contributed by atoms with van der Waals surface area (Å²) in [5.74, 6) is -1.15. The van der Waals surface area contributed by atoms with Crippen molar-refractivity contribution in [3.8, 4) is 0 Å². The maximum Gasteiger partial charge on any atom is 0.331 e. The van der Waals surface area contributed by atoms with Crippen LogP contribution in [0.15, 0.2) is 54.6 Å². The first kappa shape index (κ1) is 22.0. The zero-order valence-corrected chi connectivity index (χ0v) is 17.2. The van der Waals surface area contributed by atoms with Gasteiger partial charge < -0.3 is 15.0 Å². The maximum absolute atomic E-state index is 12.0. The van der Waals surface area contributed by atoms with Crippen molar-refractivity contribution in [1.82, 2.24) is 0 Å². The van der Waals surface area contributed by atoms with E-state index >= 15 is 0 Å². The van der Waals surface area contributed by atoms with Crippen LogP contribution < -0.4 is 10.2 Å². The van der Waals surface area contributed by atoms with E-state index in [0.717, 1.165) is 24.9 Å². The minimum absolute atomic E-state index is 0.0724. The molecule has 2 aromatic carbocycles. The number of nitro benzene ring substituents is 1. The van der Waals surface area contributed by atoms with Gasteiger partial charge in [0, 0.05) is 42.7 Å². The maximum atomic E-state index is 12.0. The number of amides is 1. The van der Waals surface area contributed by atoms with Crippen LogP contribution in [0.4, 0.5) is 17.1 Å². The Morgan fingerprint density at radius 2 is 1.77 bits per heavy atom. The van der Waals surface area contributed by atoms with E-state index in [0.29, 0.717) is 11.3 Å². The molecule has 1 aliphatic rings. The summed E-state index contributed by atoms with van der Waals surface area (Å²) in [6, 6.07) is 13.5. The smallest absolute Gasteiger partial charge is 0.331 e. The topological polar surface area (TPSA) is 102 Å². The average molecular weight is 423 g/mol. The fraction of sp³-hybridized carbons (Fsp3) is 0.304. The molecule has 1 N–H and O–H groups in total. The Labute approximate surface area is 180 Å². The molecular formula is C23H25N3O5. The van der Waals surface area contributed by atoms with E-state index in [9.17, 15) is 19.7 Å². The number of benzene rings is 2. The number of ether oxygens (including phenoxy) is 1. The van der Waals surface area contributed by atoms with Gasteiger partial charge in [0.2, 0.25) is 0 Å².